The van der Waals surface area contributed by atoms with Gasteiger partial charge in [0.1, 0.15) is 5.82 Å². The zero-order valence-electron chi connectivity index (χ0n) is 19.6. The van der Waals surface area contributed by atoms with Gasteiger partial charge >= 0.3 is 5.69 Å². The molecule has 180 valence electrons. The van der Waals surface area contributed by atoms with Crippen molar-refractivity contribution in [2.24, 2.45) is 0 Å². The minimum Gasteiger partial charge on any atom is -0.383 e. The van der Waals surface area contributed by atoms with Gasteiger partial charge in [-0.3, -0.25) is 28.9 Å². The van der Waals surface area contributed by atoms with E-state index in [1.165, 1.54) is 9.47 Å². The number of unbranched alkanes of at least 4 members (excludes halogenated alkanes) is 1. The second-order valence-electron chi connectivity index (χ2n) is 8.39. The Kier molecular flexibility index (Phi) is 8.85. The molecule has 3 rings (SSSR count). The molecule has 0 aliphatic carbocycles. The Morgan fingerprint density at radius 1 is 1.18 bits per heavy atom. The number of carbonyl (C=O) groups is 1. The van der Waals surface area contributed by atoms with Crippen LogP contribution >= 0.6 is 0 Å². The van der Waals surface area contributed by atoms with Crippen LogP contribution in [0.15, 0.2) is 39.9 Å². The van der Waals surface area contributed by atoms with Crippen LogP contribution in [0, 0.1) is 0 Å². The molecular formula is C24H35N5O4. The summed E-state index contributed by atoms with van der Waals surface area (Å²) in [6.45, 7) is 6.91. The number of rotatable bonds is 10. The highest BCUT2D eigenvalue weighted by molar-refractivity contribution is 5.96. The van der Waals surface area contributed by atoms with Crippen molar-refractivity contribution in [1.29, 1.82) is 0 Å². The van der Waals surface area contributed by atoms with Gasteiger partial charge in [0, 0.05) is 26.2 Å². The Hall–Kier alpha value is -2.91. The van der Waals surface area contributed by atoms with Crippen LogP contribution in [-0.4, -0.2) is 52.7 Å². The predicted molar refractivity (Wildman–Crippen MR) is 129 cm³/mol. The summed E-state index contributed by atoms with van der Waals surface area (Å²) >= 11 is 0. The lowest BCUT2D eigenvalue weighted by Gasteiger charge is -2.33. The number of carbonyl (C=O) groups excluding carboxylic acids is 1. The third kappa shape index (κ3) is 6.33. The maximum atomic E-state index is 13.5. The summed E-state index contributed by atoms with van der Waals surface area (Å²) in [5, 5.41) is 0. The van der Waals surface area contributed by atoms with E-state index >= 15 is 0 Å². The fraction of sp³-hybridized carbons (Fsp3) is 0.542. The number of H-pyrrole nitrogens is 1. The number of nitrogens with one attached hydrogen (secondary N) is 1. The fourth-order valence-electron chi connectivity index (χ4n) is 4.18. The molecule has 0 spiro atoms. The normalized spacial score (nSPS) is 15.0. The number of likely N-dealkylation sites (tertiary alicyclic amines) is 1. The average Bonchev–Trinajstić information content (AvgIpc) is 2.80. The first-order valence-corrected chi connectivity index (χ1v) is 11.7. The molecule has 1 aliphatic heterocycles. The predicted octanol–water partition coefficient (Wildman–Crippen LogP) is 1.95. The second kappa shape index (κ2) is 11.8. The number of piperidine rings is 1. The van der Waals surface area contributed by atoms with E-state index in [2.05, 4.69) is 9.88 Å². The Morgan fingerprint density at radius 3 is 2.52 bits per heavy atom. The highest BCUT2D eigenvalue weighted by Crippen LogP contribution is 2.21. The molecule has 1 aliphatic rings. The van der Waals surface area contributed by atoms with Gasteiger partial charge in [0.05, 0.1) is 19.2 Å². The highest BCUT2D eigenvalue weighted by Gasteiger charge is 2.28. The third-order valence-electron chi connectivity index (χ3n) is 6.00. The number of amides is 1. The van der Waals surface area contributed by atoms with Gasteiger partial charge in [-0.1, -0.05) is 43.7 Å². The number of benzene rings is 1. The Bertz CT molecular complexity index is 1030. The van der Waals surface area contributed by atoms with Gasteiger partial charge in [-0.05, 0) is 31.7 Å². The molecule has 0 radical (unpaired) electrons. The molecule has 0 unspecified atom stereocenters. The molecule has 2 heterocycles. The molecule has 1 amide bonds. The maximum Gasteiger partial charge on any atom is 0.330 e. The van der Waals surface area contributed by atoms with Crippen LogP contribution < -0.4 is 21.9 Å². The molecule has 1 saturated heterocycles. The summed E-state index contributed by atoms with van der Waals surface area (Å²) in [5.74, 6) is -0.205. The topological polar surface area (TPSA) is 114 Å². The number of aromatic nitrogens is 2. The van der Waals surface area contributed by atoms with Crippen LogP contribution in [0.1, 0.15) is 45.1 Å². The van der Waals surface area contributed by atoms with Gasteiger partial charge in [-0.2, -0.15) is 0 Å². The lowest BCUT2D eigenvalue weighted by Crippen LogP contribution is -2.47. The van der Waals surface area contributed by atoms with Crippen molar-refractivity contribution >= 4 is 17.4 Å². The monoisotopic (exact) mass is 457 g/mol. The molecule has 9 heteroatoms. The lowest BCUT2D eigenvalue weighted by atomic mass is 10.1. The molecule has 2 aromatic rings. The zero-order valence-corrected chi connectivity index (χ0v) is 19.6. The van der Waals surface area contributed by atoms with Gasteiger partial charge in [-0.25, -0.2) is 4.79 Å². The van der Waals surface area contributed by atoms with E-state index in [-0.39, 0.29) is 36.6 Å². The molecule has 0 atom stereocenters. The smallest absolute Gasteiger partial charge is 0.330 e. The molecule has 3 N–H and O–H groups in total. The van der Waals surface area contributed by atoms with E-state index in [4.69, 9.17) is 10.5 Å². The molecule has 0 bridgehead atoms. The van der Waals surface area contributed by atoms with Crippen LogP contribution in [0.4, 0.5) is 11.5 Å². The van der Waals surface area contributed by atoms with E-state index in [9.17, 15) is 14.4 Å². The number of hydrogen-bond donors (Lipinski definition) is 2. The zero-order chi connectivity index (χ0) is 23.8. The quantitative estimate of drug-likeness (QED) is 0.564. The first-order valence-electron chi connectivity index (χ1n) is 11.7. The van der Waals surface area contributed by atoms with Crippen molar-refractivity contribution in [3.63, 3.8) is 0 Å². The van der Waals surface area contributed by atoms with E-state index < -0.39 is 11.2 Å². The van der Waals surface area contributed by atoms with Crippen molar-refractivity contribution in [2.45, 2.75) is 58.7 Å². The standard InChI is InChI=1S/C24H35N5O4/c1-3-5-13-28-22(25)21(23(31)26-24(28)32)29(16-18-9-7-6-8-10-18)20(30)17-27-14-11-19(12-15-27)33-4-2/h6-10,19H,3-5,11-17,25H2,1-2H3,(H,26,31,32). The second-order valence-corrected chi connectivity index (χ2v) is 8.39. The minimum atomic E-state index is -0.649. The summed E-state index contributed by atoms with van der Waals surface area (Å²) in [7, 11) is 0. The molecule has 1 aromatic carbocycles. The highest BCUT2D eigenvalue weighted by atomic mass is 16.5. The third-order valence-corrected chi connectivity index (χ3v) is 6.00. The molecular weight excluding hydrogens is 422 g/mol. The number of nitrogen functional groups attached to an aromatic ring is 1. The van der Waals surface area contributed by atoms with Gasteiger partial charge < -0.3 is 10.5 Å². The van der Waals surface area contributed by atoms with Crippen molar-refractivity contribution in [3.8, 4) is 0 Å². The van der Waals surface area contributed by atoms with Crippen molar-refractivity contribution in [2.75, 3.05) is 36.9 Å². The largest absolute Gasteiger partial charge is 0.383 e. The molecule has 33 heavy (non-hydrogen) atoms. The van der Waals surface area contributed by atoms with E-state index in [0.717, 1.165) is 44.3 Å². The van der Waals surface area contributed by atoms with Gasteiger partial charge in [0.15, 0.2) is 5.69 Å². The lowest BCUT2D eigenvalue weighted by molar-refractivity contribution is -0.120. The Labute approximate surface area is 194 Å². The number of ether oxygens (including phenoxy) is 1. The molecule has 1 aromatic heterocycles. The Morgan fingerprint density at radius 2 is 1.88 bits per heavy atom. The van der Waals surface area contributed by atoms with Crippen LogP contribution in [0.3, 0.4) is 0 Å². The SMILES string of the molecule is CCCCn1c(N)c(N(Cc2ccccc2)C(=O)CN2CCC(OCC)CC2)c(=O)[nH]c1=O. The van der Waals surface area contributed by atoms with E-state index in [1.807, 2.05) is 44.2 Å². The molecule has 1 fully saturated rings. The van der Waals surface area contributed by atoms with Crippen LogP contribution in [0.2, 0.25) is 0 Å². The Balaban J connectivity index is 1.90. The first-order chi connectivity index (χ1) is 15.9. The summed E-state index contributed by atoms with van der Waals surface area (Å²) in [6.07, 6.45) is 3.55. The van der Waals surface area contributed by atoms with Crippen LogP contribution in [0.25, 0.3) is 0 Å². The molecule has 0 saturated carbocycles. The summed E-state index contributed by atoms with van der Waals surface area (Å²) in [6, 6.07) is 9.44. The number of nitrogens with zero attached hydrogens (tertiary/aromatic N) is 3. The number of anilines is 2. The number of hydrogen-bond acceptors (Lipinski definition) is 6. The van der Waals surface area contributed by atoms with Crippen LogP contribution in [-0.2, 0) is 22.6 Å². The average molecular weight is 458 g/mol. The van der Waals surface area contributed by atoms with Crippen molar-refractivity contribution in [1.82, 2.24) is 14.5 Å². The number of nitrogens with two attached hydrogens (primary N) is 1. The van der Waals surface area contributed by atoms with Crippen molar-refractivity contribution < 1.29 is 9.53 Å². The van der Waals surface area contributed by atoms with Crippen molar-refractivity contribution in [3.05, 3.63) is 56.7 Å². The van der Waals surface area contributed by atoms with Gasteiger partial charge in [0.25, 0.3) is 5.56 Å². The fourth-order valence-corrected chi connectivity index (χ4v) is 4.18. The van der Waals surface area contributed by atoms with Gasteiger partial charge in [-0.15, -0.1) is 0 Å². The van der Waals surface area contributed by atoms with Gasteiger partial charge in [0.2, 0.25) is 5.91 Å². The maximum absolute atomic E-state index is 13.5. The summed E-state index contributed by atoms with van der Waals surface area (Å²) in [5.41, 5.74) is 6.02. The minimum absolute atomic E-state index is 0.0246. The summed E-state index contributed by atoms with van der Waals surface area (Å²) < 4.78 is 7.05. The summed E-state index contributed by atoms with van der Waals surface area (Å²) in [4.78, 5) is 44.6. The van der Waals surface area contributed by atoms with Crippen LogP contribution in [0.5, 0.6) is 0 Å². The molecule has 9 nitrogen and oxygen atoms in total. The van der Waals surface area contributed by atoms with E-state index in [1.54, 1.807) is 0 Å². The van der Waals surface area contributed by atoms with E-state index in [0.29, 0.717) is 13.2 Å². The number of aromatic amines is 1. The first kappa shape index (κ1) is 24.7.